The third-order valence-electron chi connectivity index (χ3n) is 3.39. The van der Waals surface area contributed by atoms with Gasteiger partial charge < -0.3 is 19.9 Å². The van der Waals surface area contributed by atoms with E-state index >= 15 is 0 Å². The third kappa shape index (κ3) is 4.44. The summed E-state index contributed by atoms with van der Waals surface area (Å²) in [5.74, 6) is 0.392. The van der Waals surface area contributed by atoms with Crippen LogP contribution in [0.4, 0.5) is 0 Å². The van der Waals surface area contributed by atoms with Crippen molar-refractivity contribution in [2.45, 2.75) is 13.1 Å². The number of rotatable bonds is 7. The lowest BCUT2D eigenvalue weighted by Crippen LogP contribution is -2.25. The molecule has 2 aromatic rings. The summed E-state index contributed by atoms with van der Waals surface area (Å²) >= 11 is 0. The summed E-state index contributed by atoms with van der Waals surface area (Å²) in [4.78, 5) is 14.4. The van der Waals surface area contributed by atoms with Crippen molar-refractivity contribution in [1.82, 2.24) is 9.47 Å². The van der Waals surface area contributed by atoms with E-state index in [1.165, 1.54) is 0 Å². The SMILES string of the molecule is CN(C)CCOc1cccn(Cc2ccc(CN)cc2)c1=O. The molecule has 1 aromatic heterocycles. The second-order valence-electron chi connectivity index (χ2n) is 5.48. The monoisotopic (exact) mass is 301 g/mol. The fraction of sp³-hybridized carbons (Fsp3) is 0.353. The maximum Gasteiger partial charge on any atom is 0.293 e. The van der Waals surface area contributed by atoms with Crippen molar-refractivity contribution in [3.05, 3.63) is 64.1 Å². The normalized spacial score (nSPS) is 10.9. The highest BCUT2D eigenvalue weighted by atomic mass is 16.5. The molecule has 2 rings (SSSR count). The quantitative estimate of drug-likeness (QED) is 0.837. The maximum atomic E-state index is 12.4. The van der Waals surface area contributed by atoms with Crippen LogP contribution in [0, 0.1) is 0 Å². The summed E-state index contributed by atoms with van der Waals surface area (Å²) in [7, 11) is 3.94. The van der Waals surface area contributed by atoms with Crippen LogP contribution in [0.3, 0.4) is 0 Å². The number of nitrogens with two attached hydrogens (primary N) is 1. The second kappa shape index (κ2) is 7.77. The average molecular weight is 301 g/mol. The number of pyridine rings is 1. The van der Waals surface area contributed by atoms with Gasteiger partial charge in [-0.25, -0.2) is 0 Å². The number of nitrogens with zero attached hydrogens (tertiary/aromatic N) is 2. The van der Waals surface area contributed by atoms with Crippen LogP contribution >= 0.6 is 0 Å². The number of likely N-dealkylation sites (N-methyl/N-ethyl adjacent to an activating group) is 1. The van der Waals surface area contributed by atoms with Crippen molar-refractivity contribution in [2.24, 2.45) is 5.73 Å². The second-order valence-corrected chi connectivity index (χ2v) is 5.48. The summed E-state index contributed by atoms with van der Waals surface area (Å²) in [6.07, 6.45) is 1.78. The van der Waals surface area contributed by atoms with E-state index in [1.807, 2.05) is 49.3 Å². The molecular formula is C17H23N3O2. The van der Waals surface area contributed by atoms with E-state index in [0.717, 1.165) is 17.7 Å². The van der Waals surface area contributed by atoms with Crippen LogP contribution in [0.15, 0.2) is 47.4 Å². The number of ether oxygens (including phenoxy) is 1. The zero-order valence-electron chi connectivity index (χ0n) is 13.2. The van der Waals surface area contributed by atoms with Crippen molar-refractivity contribution >= 4 is 0 Å². The summed E-state index contributed by atoms with van der Waals surface area (Å²) in [6, 6.07) is 11.5. The van der Waals surface area contributed by atoms with Crippen molar-refractivity contribution in [3.63, 3.8) is 0 Å². The Morgan fingerprint density at radius 3 is 2.45 bits per heavy atom. The molecular weight excluding hydrogens is 278 g/mol. The van der Waals surface area contributed by atoms with Crippen LogP contribution in [-0.2, 0) is 13.1 Å². The zero-order chi connectivity index (χ0) is 15.9. The molecule has 2 N–H and O–H groups in total. The molecule has 0 aliphatic rings. The predicted octanol–water partition coefficient (Wildman–Crippen LogP) is 1.30. The van der Waals surface area contributed by atoms with Crippen LogP contribution in [0.2, 0.25) is 0 Å². The van der Waals surface area contributed by atoms with E-state index in [2.05, 4.69) is 0 Å². The van der Waals surface area contributed by atoms with Gasteiger partial charge in [-0.2, -0.15) is 0 Å². The molecule has 0 bridgehead atoms. The topological polar surface area (TPSA) is 60.5 Å². The highest BCUT2D eigenvalue weighted by Gasteiger charge is 2.05. The first-order valence-corrected chi connectivity index (χ1v) is 7.35. The number of hydrogen-bond donors (Lipinski definition) is 1. The molecule has 5 nitrogen and oxygen atoms in total. The van der Waals surface area contributed by atoms with Crippen molar-refractivity contribution in [1.29, 1.82) is 0 Å². The van der Waals surface area contributed by atoms with Gasteiger partial charge in [0.05, 0.1) is 6.54 Å². The predicted molar refractivity (Wildman–Crippen MR) is 88.2 cm³/mol. The maximum absolute atomic E-state index is 12.4. The summed E-state index contributed by atoms with van der Waals surface area (Å²) in [5, 5.41) is 0. The van der Waals surface area contributed by atoms with E-state index in [-0.39, 0.29) is 5.56 Å². The van der Waals surface area contributed by atoms with E-state index in [0.29, 0.717) is 25.4 Å². The van der Waals surface area contributed by atoms with Gasteiger partial charge in [-0.1, -0.05) is 24.3 Å². The first kappa shape index (κ1) is 16.3. The minimum atomic E-state index is -0.107. The summed E-state index contributed by atoms with van der Waals surface area (Å²) < 4.78 is 7.23. The molecule has 1 heterocycles. The van der Waals surface area contributed by atoms with Crippen molar-refractivity contribution in [3.8, 4) is 5.75 Å². The molecule has 22 heavy (non-hydrogen) atoms. The fourth-order valence-corrected chi connectivity index (χ4v) is 2.06. The Bertz CT molecular complexity index is 648. The molecule has 0 atom stereocenters. The van der Waals surface area contributed by atoms with E-state index in [1.54, 1.807) is 16.8 Å². The van der Waals surface area contributed by atoms with Gasteiger partial charge in [0.2, 0.25) is 0 Å². The number of benzene rings is 1. The molecule has 0 aliphatic carbocycles. The first-order chi connectivity index (χ1) is 10.6. The van der Waals surface area contributed by atoms with Gasteiger partial charge in [0.15, 0.2) is 5.75 Å². The van der Waals surface area contributed by atoms with E-state index < -0.39 is 0 Å². The van der Waals surface area contributed by atoms with Gasteiger partial charge in [0.1, 0.15) is 6.61 Å². The van der Waals surface area contributed by atoms with Crippen molar-refractivity contribution < 1.29 is 4.74 Å². The van der Waals surface area contributed by atoms with Gasteiger partial charge in [-0.15, -0.1) is 0 Å². The average Bonchev–Trinajstić information content (AvgIpc) is 2.51. The third-order valence-corrected chi connectivity index (χ3v) is 3.39. The highest BCUT2D eigenvalue weighted by Crippen LogP contribution is 2.07. The Kier molecular flexibility index (Phi) is 5.75. The first-order valence-electron chi connectivity index (χ1n) is 7.35. The molecule has 0 amide bonds. The molecule has 1 aromatic carbocycles. The van der Waals surface area contributed by atoms with Gasteiger partial charge in [0, 0.05) is 19.3 Å². The van der Waals surface area contributed by atoms with Gasteiger partial charge in [-0.05, 0) is 37.4 Å². The highest BCUT2D eigenvalue weighted by molar-refractivity contribution is 5.24. The molecule has 0 fully saturated rings. The molecule has 0 radical (unpaired) electrons. The lowest BCUT2D eigenvalue weighted by Gasteiger charge is -2.12. The van der Waals surface area contributed by atoms with Crippen LogP contribution < -0.4 is 16.0 Å². The van der Waals surface area contributed by atoms with Crippen LogP contribution in [0.1, 0.15) is 11.1 Å². The smallest absolute Gasteiger partial charge is 0.293 e. The van der Waals surface area contributed by atoms with Crippen LogP contribution in [0.25, 0.3) is 0 Å². The Morgan fingerprint density at radius 1 is 1.14 bits per heavy atom. The molecule has 5 heteroatoms. The van der Waals surface area contributed by atoms with Crippen LogP contribution in [-0.4, -0.2) is 36.7 Å². The van der Waals surface area contributed by atoms with E-state index in [9.17, 15) is 4.79 Å². The van der Waals surface area contributed by atoms with E-state index in [4.69, 9.17) is 10.5 Å². The number of aromatic nitrogens is 1. The summed E-state index contributed by atoms with van der Waals surface area (Å²) in [5.41, 5.74) is 7.62. The lowest BCUT2D eigenvalue weighted by atomic mass is 10.1. The minimum absolute atomic E-state index is 0.107. The van der Waals surface area contributed by atoms with Gasteiger partial charge >= 0.3 is 0 Å². The minimum Gasteiger partial charge on any atom is -0.487 e. The number of hydrogen-bond acceptors (Lipinski definition) is 4. The van der Waals surface area contributed by atoms with Crippen LogP contribution in [0.5, 0.6) is 5.75 Å². The Balaban J connectivity index is 2.09. The molecule has 0 saturated heterocycles. The molecule has 0 aliphatic heterocycles. The van der Waals surface area contributed by atoms with Gasteiger partial charge in [-0.3, -0.25) is 4.79 Å². The molecule has 118 valence electrons. The lowest BCUT2D eigenvalue weighted by molar-refractivity contribution is 0.257. The Morgan fingerprint density at radius 2 is 1.82 bits per heavy atom. The Hall–Kier alpha value is -2.11. The fourth-order valence-electron chi connectivity index (χ4n) is 2.06. The molecule has 0 unspecified atom stereocenters. The van der Waals surface area contributed by atoms with Gasteiger partial charge in [0.25, 0.3) is 5.56 Å². The largest absolute Gasteiger partial charge is 0.487 e. The summed E-state index contributed by atoms with van der Waals surface area (Å²) in [6.45, 7) is 2.32. The standard InChI is InChI=1S/C17H23N3O2/c1-19(2)10-11-22-16-4-3-9-20(17(16)21)13-15-7-5-14(12-18)6-8-15/h3-9H,10-13,18H2,1-2H3. The zero-order valence-corrected chi connectivity index (χ0v) is 13.2. The Labute approximate surface area is 130 Å². The molecule has 0 spiro atoms. The van der Waals surface area contributed by atoms with Crippen molar-refractivity contribution in [2.75, 3.05) is 27.2 Å². The molecule has 0 saturated carbocycles.